The summed E-state index contributed by atoms with van der Waals surface area (Å²) in [4.78, 5) is 10.2. The van der Waals surface area contributed by atoms with Gasteiger partial charge in [-0.3, -0.25) is 4.79 Å². The number of carboxylic acids is 1. The van der Waals surface area contributed by atoms with Crippen LogP contribution in [0.3, 0.4) is 0 Å². The van der Waals surface area contributed by atoms with Crippen molar-refractivity contribution in [1.82, 2.24) is 0 Å². The molecule has 0 aliphatic carbocycles. The van der Waals surface area contributed by atoms with E-state index in [4.69, 9.17) is 5.11 Å². The molecular weight excluding hydrogens is 224 g/mol. The summed E-state index contributed by atoms with van der Waals surface area (Å²) in [6.07, 6.45) is 21.7. The molecule has 2 heteroatoms. The van der Waals surface area contributed by atoms with Crippen molar-refractivity contribution >= 4 is 5.97 Å². The Kier molecular flexibility index (Phi) is 11.9. The summed E-state index contributed by atoms with van der Waals surface area (Å²) >= 11 is 0. The summed E-state index contributed by atoms with van der Waals surface area (Å²) in [5.74, 6) is -0.745. The maximum atomic E-state index is 10.2. The first-order valence-electron chi connectivity index (χ1n) is 6.21. The summed E-state index contributed by atoms with van der Waals surface area (Å²) in [6, 6.07) is 0. The van der Waals surface area contributed by atoms with E-state index in [0.29, 0.717) is 6.42 Å². The Bertz CT molecular complexity index is 333. The number of allylic oxidation sites excluding steroid dienone is 9. The standard InChI is InChI=1S/C16H22O2/c1-2-3-4-5-6-7-8-9-10-11-12-13-14-15-16(17)18/h2-4,6-7,9-10,12-13H,1,5,8,11,14-15H2,(H,17,18)/b4-3-,7-6-,10-9-,13-12-. The smallest absolute Gasteiger partial charge is 0.303 e. The van der Waals surface area contributed by atoms with Crippen LogP contribution >= 0.6 is 0 Å². The van der Waals surface area contributed by atoms with E-state index in [1.165, 1.54) is 0 Å². The second-order valence-corrected chi connectivity index (χ2v) is 3.72. The lowest BCUT2D eigenvalue weighted by Gasteiger charge is -1.87. The third-order valence-electron chi connectivity index (χ3n) is 2.11. The minimum Gasteiger partial charge on any atom is -0.481 e. The normalized spacial score (nSPS) is 12.2. The number of hydrogen-bond donors (Lipinski definition) is 1. The molecule has 0 aromatic heterocycles. The third kappa shape index (κ3) is 14.2. The number of rotatable bonds is 10. The molecule has 0 radical (unpaired) electrons. The molecule has 2 nitrogen and oxygen atoms in total. The van der Waals surface area contributed by atoms with Crippen molar-refractivity contribution in [2.24, 2.45) is 0 Å². The van der Waals surface area contributed by atoms with Gasteiger partial charge in [0.25, 0.3) is 0 Å². The number of carbonyl (C=O) groups is 1. The van der Waals surface area contributed by atoms with Crippen molar-refractivity contribution in [2.75, 3.05) is 0 Å². The Morgan fingerprint density at radius 2 is 1.39 bits per heavy atom. The zero-order valence-electron chi connectivity index (χ0n) is 10.8. The molecule has 18 heavy (non-hydrogen) atoms. The maximum absolute atomic E-state index is 10.2. The minimum atomic E-state index is -0.745. The fraction of sp³-hybridized carbons (Fsp3) is 0.312. The highest BCUT2D eigenvalue weighted by atomic mass is 16.4. The lowest BCUT2D eigenvalue weighted by Crippen LogP contribution is -1.91. The molecule has 0 atom stereocenters. The van der Waals surface area contributed by atoms with E-state index in [2.05, 4.69) is 37.0 Å². The van der Waals surface area contributed by atoms with Gasteiger partial charge in [0.15, 0.2) is 0 Å². The summed E-state index contributed by atoms with van der Waals surface area (Å²) in [5.41, 5.74) is 0. The number of hydrogen-bond acceptors (Lipinski definition) is 1. The quantitative estimate of drug-likeness (QED) is 0.457. The van der Waals surface area contributed by atoms with Gasteiger partial charge in [0.1, 0.15) is 0 Å². The van der Waals surface area contributed by atoms with Crippen LogP contribution < -0.4 is 0 Å². The van der Waals surface area contributed by atoms with Crippen LogP contribution in [0.1, 0.15) is 32.1 Å². The van der Waals surface area contributed by atoms with Crippen molar-refractivity contribution < 1.29 is 9.90 Å². The van der Waals surface area contributed by atoms with E-state index in [-0.39, 0.29) is 6.42 Å². The molecule has 0 saturated heterocycles. The van der Waals surface area contributed by atoms with Gasteiger partial charge in [0, 0.05) is 6.42 Å². The first kappa shape index (κ1) is 16.2. The van der Waals surface area contributed by atoms with Gasteiger partial charge in [-0.15, -0.1) is 0 Å². The lowest BCUT2D eigenvalue weighted by molar-refractivity contribution is -0.136. The predicted molar refractivity (Wildman–Crippen MR) is 77.5 cm³/mol. The summed E-state index contributed by atoms with van der Waals surface area (Å²) in [7, 11) is 0. The first-order valence-corrected chi connectivity index (χ1v) is 6.21. The molecule has 0 bridgehead atoms. The van der Waals surface area contributed by atoms with E-state index in [9.17, 15) is 4.79 Å². The second kappa shape index (κ2) is 13.2. The van der Waals surface area contributed by atoms with Gasteiger partial charge in [0.2, 0.25) is 0 Å². The zero-order valence-corrected chi connectivity index (χ0v) is 10.8. The monoisotopic (exact) mass is 246 g/mol. The Labute approximate surface area is 110 Å². The number of carboxylic acid groups (broad SMARTS) is 1. The zero-order chi connectivity index (χ0) is 13.5. The van der Waals surface area contributed by atoms with Gasteiger partial charge in [-0.2, -0.15) is 0 Å². The Balaban J connectivity index is 3.45. The molecule has 0 saturated carbocycles. The fourth-order valence-corrected chi connectivity index (χ4v) is 1.22. The highest BCUT2D eigenvalue weighted by Crippen LogP contribution is 1.96. The highest BCUT2D eigenvalue weighted by molar-refractivity contribution is 5.66. The average Bonchev–Trinajstić information content (AvgIpc) is 2.34. The van der Waals surface area contributed by atoms with E-state index in [0.717, 1.165) is 19.3 Å². The molecule has 0 aliphatic heterocycles. The van der Waals surface area contributed by atoms with Crippen molar-refractivity contribution in [3.63, 3.8) is 0 Å². The van der Waals surface area contributed by atoms with Crippen LogP contribution in [0.15, 0.2) is 61.3 Å². The molecular formula is C16H22O2. The molecule has 0 unspecified atom stereocenters. The van der Waals surface area contributed by atoms with Gasteiger partial charge in [-0.25, -0.2) is 0 Å². The van der Waals surface area contributed by atoms with Crippen molar-refractivity contribution in [1.29, 1.82) is 0 Å². The molecule has 0 amide bonds. The van der Waals surface area contributed by atoms with Crippen molar-refractivity contribution in [2.45, 2.75) is 32.1 Å². The summed E-state index contributed by atoms with van der Waals surface area (Å²) in [6.45, 7) is 3.60. The summed E-state index contributed by atoms with van der Waals surface area (Å²) in [5, 5.41) is 8.42. The van der Waals surface area contributed by atoms with Crippen LogP contribution in [0.4, 0.5) is 0 Å². The largest absolute Gasteiger partial charge is 0.481 e. The Morgan fingerprint density at radius 1 is 0.889 bits per heavy atom. The molecule has 0 rings (SSSR count). The topological polar surface area (TPSA) is 37.3 Å². The molecule has 0 fully saturated rings. The van der Waals surface area contributed by atoms with E-state index in [1.807, 2.05) is 18.2 Å². The van der Waals surface area contributed by atoms with E-state index < -0.39 is 5.97 Å². The highest BCUT2D eigenvalue weighted by Gasteiger charge is 1.90. The van der Waals surface area contributed by atoms with Gasteiger partial charge in [0.05, 0.1) is 0 Å². The Hall–Kier alpha value is -1.83. The predicted octanol–water partition coefficient (Wildman–Crippen LogP) is 4.43. The van der Waals surface area contributed by atoms with Gasteiger partial charge in [-0.1, -0.05) is 61.3 Å². The third-order valence-corrected chi connectivity index (χ3v) is 2.11. The van der Waals surface area contributed by atoms with Crippen LogP contribution in [0.5, 0.6) is 0 Å². The molecule has 0 aliphatic rings. The average molecular weight is 246 g/mol. The van der Waals surface area contributed by atoms with Gasteiger partial charge in [-0.05, 0) is 25.7 Å². The van der Waals surface area contributed by atoms with E-state index in [1.54, 1.807) is 6.08 Å². The maximum Gasteiger partial charge on any atom is 0.303 e. The fourth-order valence-electron chi connectivity index (χ4n) is 1.22. The van der Waals surface area contributed by atoms with Crippen LogP contribution in [-0.2, 0) is 4.79 Å². The van der Waals surface area contributed by atoms with Gasteiger partial charge >= 0.3 is 5.97 Å². The van der Waals surface area contributed by atoms with Gasteiger partial charge < -0.3 is 5.11 Å². The molecule has 0 aromatic carbocycles. The molecule has 0 aromatic rings. The van der Waals surface area contributed by atoms with Crippen LogP contribution in [0, 0.1) is 0 Å². The molecule has 98 valence electrons. The molecule has 0 spiro atoms. The van der Waals surface area contributed by atoms with Crippen molar-refractivity contribution in [3.05, 3.63) is 61.3 Å². The van der Waals surface area contributed by atoms with Crippen LogP contribution in [0.2, 0.25) is 0 Å². The van der Waals surface area contributed by atoms with Crippen LogP contribution in [0.25, 0.3) is 0 Å². The SMILES string of the molecule is C=C/C=C\C/C=C\C/C=C\C/C=C\CCC(=O)O. The van der Waals surface area contributed by atoms with E-state index >= 15 is 0 Å². The molecule has 0 heterocycles. The lowest BCUT2D eigenvalue weighted by atomic mass is 10.2. The second-order valence-electron chi connectivity index (χ2n) is 3.72. The molecule has 1 N–H and O–H groups in total. The van der Waals surface area contributed by atoms with Crippen molar-refractivity contribution in [3.8, 4) is 0 Å². The first-order chi connectivity index (χ1) is 8.77. The summed E-state index contributed by atoms with van der Waals surface area (Å²) < 4.78 is 0. The van der Waals surface area contributed by atoms with Crippen LogP contribution in [-0.4, -0.2) is 11.1 Å². The number of aliphatic carboxylic acids is 1. The minimum absolute atomic E-state index is 0.210. The Morgan fingerprint density at radius 3 is 1.89 bits per heavy atom.